The van der Waals surface area contributed by atoms with Crippen molar-refractivity contribution in [2.45, 2.75) is 38.7 Å². The van der Waals surface area contributed by atoms with E-state index in [0.717, 1.165) is 6.42 Å². The van der Waals surface area contributed by atoms with Crippen molar-refractivity contribution in [1.29, 1.82) is 0 Å². The predicted molar refractivity (Wildman–Crippen MR) is 97.4 cm³/mol. The van der Waals surface area contributed by atoms with E-state index in [4.69, 9.17) is 14.2 Å². The number of esters is 1. The smallest absolute Gasteiger partial charge is 0.310 e. The van der Waals surface area contributed by atoms with Crippen molar-refractivity contribution >= 4 is 11.8 Å². The van der Waals surface area contributed by atoms with Crippen molar-refractivity contribution in [1.82, 2.24) is 0 Å². The number of methoxy groups -OCH3 is 2. The summed E-state index contributed by atoms with van der Waals surface area (Å²) in [7, 11) is 2.98. The van der Waals surface area contributed by atoms with E-state index >= 15 is 0 Å². The van der Waals surface area contributed by atoms with Gasteiger partial charge in [-0.25, -0.2) is 0 Å². The maximum atomic E-state index is 12.4. The van der Waals surface area contributed by atoms with Gasteiger partial charge in [0, 0.05) is 12.5 Å². The molecular weight excluding hydrogens is 320 g/mol. The number of carbonyl (C=O) groups is 2. The molecule has 136 valence electrons. The van der Waals surface area contributed by atoms with Gasteiger partial charge in [-0.15, -0.1) is 13.2 Å². The summed E-state index contributed by atoms with van der Waals surface area (Å²) in [5, 5.41) is 0. The van der Waals surface area contributed by atoms with Gasteiger partial charge in [0.25, 0.3) is 0 Å². The largest absolute Gasteiger partial charge is 0.497 e. The second-order valence-electron chi connectivity index (χ2n) is 5.62. The Balaban J connectivity index is 3.09. The van der Waals surface area contributed by atoms with E-state index in [1.807, 2.05) is 6.92 Å². The fraction of sp³-hybridized carbons (Fsp3) is 0.400. The van der Waals surface area contributed by atoms with Gasteiger partial charge in [0.15, 0.2) is 5.78 Å². The van der Waals surface area contributed by atoms with Gasteiger partial charge >= 0.3 is 5.97 Å². The van der Waals surface area contributed by atoms with E-state index in [1.165, 1.54) is 20.3 Å². The average molecular weight is 346 g/mol. The Labute approximate surface area is 149 Å². The van der Waals surface area contributed by atoms with E-state index in [0.29, 0.717) is 29.0 Å². The molecule has 1 aromatic carbocycles. The topological polar surface area (TPSA) is 61.8 Å². The maximum absolute atomic E-state index is 12.4. The summed E-state index contributed by atoms with van der Waals surface area (Å²) in [5.74, 6) is 0.305. The molecule has 5 heteroatoms. The zero-order valence-electron chi connectivity index (χ0n) is 15.2. The van der Waals surface area contributed by atoms with Crippen LogP contribution in [0.25, 0.3) is 0 Å². The van der Waals surface area contributed by atoms with Crippen LogP contribution in [0.5, 0.6) is 11.5 Å². The summed E-state index contributed by atoms with van der Waals surface area (Å²) in [6.45, 7) is 9.07. The Bertz CT molecular complexity index is 633. The van der Waals surface area contributed by atoms with Gasteiger partial charge in [0.1, 0.15) is 11.5 Å². The lowest BCUT2D eigenvalue weighted by molar-refractivity contribution is -0.147. The molecule has 1 unspecified atom stereocenters. The molecule has 25 heavy (non-hydrogen) atoms. The van der Waals surface area contributed by atoms with Crippen LogP contribution in [0, 0.1) is 0 Å². The summed E-state index contributed by atoms with van der Waals surface area (Å²) in [5.41, 5.74) is 0.878. The number of benzene rings is 1. The van der Waals surface area contributed by atoms with Gasteiger partial charge in [-0.3, -0.25) is 9.59 Å². The minimum absolute atomic E-state index is 0.0375. The van der Waals surface area contributed by atoms with Crippen LogP contribution in [-0.4, -0.2) is 32.1 Å². The first-order valence-corrected chi connectivity index (χ1v) is 8.16. The molecule has 0 bridgehead atoms. The van der Waals surface area contributed by atoms with Gasteiger partial charge in [0.2, 0.25) is 0 Å². The summed E-state index contributed by atoms with van der Waals surface area (Å²) in [6, 6.07) is 3.28. The van der Waals surface area contributed by atoms with Gasteiger partial charge in [-0.1, -0.05) is 12.2 Å². The number of ether oxygens (including phenoxy) is 3. The molecule has 0 spiro atoms. The number of rotatable bonds is 11. The highest BCUT2D eigenvalue weighted by Crippen LogP contribution is 2.30. The normalized spacial score (nSPS) is 11.3. The van der Waals surface area contributed by atoms with Crippen molar-refractivity contribution in [2.24, 2.45) is 0 Å². The molecule has 0 aliphatic rings. The summed E-state index contributed by atoms with van der Waals surface area (Å²) in [4.78, 5) is 24.7. The van der Waals surface area contributed by atoms with Crippen LogP contribution < -0.4 is 9.47 Å². The number of hydrogen-bond acceptors (Lipinski definition) is 5. The van der Waals surface area contributed by atoms with E-state index in [9.17, 15) is 9.59 Å². The molecule has 1 atom stereocenters. The lowest BCUT2D eigenvalue weighted by atomic mass is 9.97. The first-order chi connectivity index (χ1) is 12.0. The number of hydrogen-bond donors (Lipinski definition) is 0. The van der Waals surface area contributed by atoms with Crippen molar-refractivity contribution in [3.63, 3.8) is 0 Å². The minimum atomic E-state index is -0.403. The second kappa shape index (κ2) is 10.3. The van der Waals surface area contributed by atoms with E-state index in [2.05, 4.69) is 13.2 Å². The van der Waals surface area contributed by atoms with Gasteiger partial charge in [-0.05, 0) is 31.4 Å². The lowest BCUT2D eigenvalue weighted by Crippen LogP contribution is -2.18. The molecule has 1 aromatic rings. The Hall–Kier alpha value is -2.56. The Morgan fingerprint density at radius 3 is 2.44 bits per heavy atom. The molecule has 0 N–H and O–H groups in total. The maximum Gasteiger partial charge on any atom is 0.310 e. The zero-order valence-corrected chi connectivity index (χ0v) is 15.2. The minimum Gasteiger partial charge on any atom is -0.497 e. The van der Waals surface area contributed by atoms with Gasteiger partial charge in [-0.2, -0.15) is 0 Å². The van der Waals surface area contributed by atoms with Crippen molar-refractivity contribution in [2.75, 3.05) is 14.2 Å². The van der Waals surface area contributed by atoms with Crippen molar-refractivity contribution in [3.8, 4) is 11.5 Å². The van der Waals surface area contributed by atoms with Crippen LogP contribution in [0.1, 0.15) is 42.1 Å². The standard InChI is InChI=1S/C20H26O5/c1-6-8-10-14(3)25-19(22)12-15-11-16(23-4)13-18(24-5)20(15)17(21)9-7-2/h6-7,11,13-14H,1-2,8-10,12H2,3-5H3. The number of ketones is 1. The first-order valence-electron chi connectivity index (χ1n) is 8.16. The number of Topliss-reactive ketones (excluding diaryl/α,β-unsaturated/α-hetero) is 1. The average Bonchev–Trinajstić information content (AvgIpc) is 2.58. The zero-order chi connectivity index (χ0) is 18.8. The summed E-state index contributed by atoms with van der Waals surface area (Å²) >= 11 is 0. The van der Waals surface area contributed by atoms with E-state index in [1.54, 1.807) is 18.2 Å². The third-order valence-corrected chi connectivity index (χ3v) is 3.67. The molecule has 0 aliphatic carbocycles. The van der Waals surface area contributed by atoms with E-state index in [-0.39, 0.29) is 24.7 Å². The molecule has 0 aromatic heterocycles. The monoisotopic (exact) mass is 346 g/mol. The highest BCUT2D eigenvalue weighted by molar-refractivity contribution is 6.02. The van der Waals surface area contributed by atoms with Crippen LogP contribution in [0.15, 0.2) is 37.4 Å². The molecule has 0 amide bonds. The Morgan fingerprint density at radius 2 is 1.88 bits per heavy atom. The molecular formula is C20H26O5. The predicted octanol–water partition coefficient (Wildman–Crippen LogP) is 3.90. The fourth-order valence-corrected chi connectivity index (χ4v) is 2.45. The SMILES string of the molecule is C=CCCC(C)OC(=O)Cc1cc(OC)cc(OC)c1C(=O)CC=C. The highest BCUT2D eigenvalue weighted by atomic mass is 16.5. The van der Waals surface area contributed by atoms with Crippen LogP contribution in [-0.2, 0) is 16.0 Å². The lowest BCUT2D eigenvalue weighted by Gasteiger charge is -2.16. The van der Waals surface area contributed by atoms with Crippen molar-refractivity contribution < 1.29 is 23.8 Å². The second-order valence-corrected chi connectivity index (χ2v) is 5.62. The van der Waals surface area contributed by atoms with Crippen LogP contribution >= 0.6 is 0 Å². The van der Waals surface area contributed by atoms with Crippen molar-refractivity contribution in [3.05, 3.63) is 48.6 Å². The van der Waals surface area contributed by atoms with Gasteiger partial charge < -0.3 is 14.2 Å². The fourth-order valence-electron chi connectivity index (χ4n) is 2.45. The Kier molecular flexibility index (Phi) is 8.47. The summed E-state index contributed by atoms with van der Waals surface area (Å²) in [6.07, 6.45) is 4.67. The third kappa shape index (κ3) is 6.10. The van der Waals surface area contributed by atoms with E-state index < -0.39 is 5.97 Å². The molecule has 0 radical (unpaired) electrons. The molecule has 5 nitrogen and oxygen atoms in total. The third-order valence-electron chi connectivity index (χ3n) is 3.67. The van der Waals surface area contributed by atoms with Crippen LogP contribution in [0.3, 0.4) is 0 Å². The number of allylic oxidation sites excluding steroid dienone is 2. The quantitative estimate of drug-likeness (QED) is 0.345. The summed E-state index contributed by atoms with van der Waals surface area (Å²) < 4.78 is 15.9. The molecule has 0 saturated carbocycles. The molecule has 1 rings (SSSR count). The molecule has 0 saturated heterocycles. The molecule has 0 heterocycles. The molecule has 0 fully saturated rings. The van der Waals surface area contributed by atoms with Crippen LogP contribution in [0.2, 0.25) is 0 Å². The number of carbonyl (C=O) groups excluding carboxylic acids is 2. The molecule has 0 aliphatic heterocycles. The highest BCUT2D eigenvalue weighted by Gasteiger charge is 2.21. The van der Waals surface area contributed by atoms with Crippen LogP contribution in [0.4, 0.5) is 0 Å². The van der Waals surface area contributed by atoms with Gasteiger partial charge in [0.05, 0.1) is 32.3 Å². The Morgan fingerprint density at radius 1 is 1.16 bits per heavy atom. The first kappa shape index (κ1) is 20.5.